The molecule has 0 spiro atoms. The standard InChI is InChI=1S/C20H23N5O3/c1-13-3-4-16(22-17(26)12-25-7-9-28-10-8-25)23-18(13)15-11-24(2)20(27)19-14(15)5-6-21-19/h3-6,11,21H,7-10,12H2,1-2H3,(H,22,23,26). The number of hydrogen-bond donors (Lipinski definition) is 2. The van der Waals surface area contributed by atoms with Crippen molar-refractivity contribution in [2.24, 2.45) is 7.05 Å². The fourth-order valence-corrected chi connectivity index (χ4v) is 3.47. The third-order valence-electron chi connectivity index (χ3n) is 4.98. The number of fused-ring (bicyclic) bond motifs is 1. The lowest BCUT2D eigenvalue weighted by Gasteiger charge is -2.25. The summed E-state index contributed by atoms with van der Waals surface area (Å²) in [6.45, 7) is 5.09. The predicted octanol–water partition coefficient (Wildman–Crippen LogP) is 1.51. The molecule has 3 aromatic heterocycles. The van der Waals surface area contributed by atoms with Crippen LogP contribution in [0.2, 0.25) is 0 Å². The van der Waals surface area contributed by atoms with Crippen molar-refractivity contribution in [1.82, 2.24) is 19.4 Å². The smallest absolute Gasteiger partial charge is 0.274 e. The molecular formula is C20H23N5O3. The maximum Gasteiger partial charge on any atom is 0.274 e. The summed E-state index contributed by atoms with van der Waals surface area (Å²) in [7, 11) is 1.72. The van der Waals surface area contributed by atoms with Crippen LogP contribution < -0.4 is 10.9 Å². The van der Waals surface area contributed by atoms with Crippen molar-refractivity contribution in [1.29, 1.82) is 0 Å². The van der Waals surface area contributed by atoms with Crippen LogP contribution in [-0.2, 0) is 16.6 Å². The fraction of sp³-hybridized carbons (Fsp3) is 0.350. The Morgan fingerprint density at radius 2 is 2.07 bits per heavy atom. The number of nitrogens with zero attached hydrogens (tertiary/aromatic N) is 3. The number of morpholine rings is 1. The molecule has 0 radical (unpaired) electrons. The van der Waals surface area contributed by atoms with E-state index in [2.05, 4.69) is 20.2 Å². The monoisotopic (exact) mass is 381 g/mol. The van der Waals surface area contributed by atoms with Gasteiger partial charge < -0.3 is 19.6 Å². The number of aromatic nitrogens is 3. The Hall–Kier alpha value is -2.97. The Bertz CT molecular complexity index is 1080. The van der Waals surface area contributed by atoms with Crippen LogP contribution in [0, 0.1) is 6.92 Å². The van der Waals surface area contributed by atoms with Crippen LogP contribution in [0.3, 0.4) is 0 Å². The van der Waals surface area contributed by atoms with Gasteiger partial charge in [-0.2, -0.15) is 0 Å². The van der Waals surface area contributed by atoms with Gasteiger partial charge in [0.15, 0.2) is 0 Å². The molecule has 0 bridgehead atoms. The van der Waals surface area contributed by atoms with Crippen LogP contribution in [0.15, 0.2) is 35.4 Å². The minimum atomic E-state index is -0.101. The van der Waals surface area contributed by atoms with Gasteiger partial charge >= 0.3 is 0 Å². The Morgan fingerprint density at radius 1 is 1.29 bits per heavy atom. The van der Waals surface area contributed by atoms with E-state index in [4.69, 9.17) is 4.74 Å². The maximum absolute atomic E-state index is 12.4. The van der Waals surface area contributed by atoms with E-state index < -0.39 is 0 Å². The summed E-state index contributed by atoms with van der Waals surface area (Å²) in [5.74, 6) is 0.396. The van der Waals surface area contributed by atoms with Crippen LogP contribution in [-0.4, -0.2) is 58.2 Å². The summed E-state index contributed by atoms with van der Waals surface area (Å²) >= 11 is 0. The van der Waals surface area contributed by atoms with Gasteiger partial charge in [-0.15, -0.1) is 0 Å². The molecule has 0 unspecified atom stereocenters. The molecule has 0 atom stereocenters. The highest BCUT2D eigenvalue weighted by Crippen LogP contribution is 2.28. The van der Waals surface area contributed by atoms with E-state index >= 15 is 0 Å². The van der Waals surface area contributed by atoms with Crippen LogP contribution in [0.5, 0.6) is 0 Å². The van der Waals surface area contributed by atoms with Gasteiger partial charge in [-0.25, -0.2) is 4.98 Å². The lowest BCUT2D eigenvalue weighted by atomic mass is 10.1. The molecule has 28 heavy (non-hydrogen) atoms. The van der Waals surface area contributed by atoms with E-state index in [9.17, 15) is 9.59 Å². The SMILES string of the molecule is Cc1ccc(NC(=O)CN2CCOCC2)nc1-c1cn(C)c(=O)c2[nH]ccc12. The minimum absolute atomic E-state index is 0.0867. The molecule has 1 fully saturated rings. The van der Waals surface area contributed by atoms with Crippen LogP contribution in [0.25, 0.3) is 22.2 Å². The maximum atomic E-state index is 12.4. The van der Waals surface area contributed by atoms with Crippen molar-refractivity contribution in [3.05, 3.63) is 46.5 Å². The number of carbonyl (C=O) groups excluding carboxylic acids is 1. The van der Waals surface area contributed by atoms with Gasteiger partial charge in [0, 0.05) is 43.5 Å². The van der Waals surface area contributed by atoms with E-state index in [1.807, 2.05) is 19.1 Å². The molecule has 8 nitrogen and oxygen atoms in total. The number of amides is 1. The zero-order valence-corrected chi connectivity index (χ0v) is 16.0. The van der Waals surface area contributed by atoms with Gasteiger partial charge in [-0.1, -0.05) is 6.07 Å². The van der Waals surface area contributed by atoms with Crippen LogP contribution in [0.1, 0.15) is 5.56 Å². The molecule has 1 aliphatic heterocycles. The van der Waals surface area contributed by atoms with Gasteiger partial charge in [0.2, 0.25) is 5.91 Å². The Morgan fingerprint density at radius 3 is 2.86 bits per heavy atom. The summed E-state index contributed by atoms with van der Waals surface area (Å²) in [6.07, 6.45) is 3.53. The zero-order chi connectivity index (χ0) is 19.7. The first-order valence-corrected chi connectivity index (χ1v) is 9.27. The third-order valence-corrected chi connectivity index (χ3v) is 4.98. The molecule has 8 heteroatoms. The molecule has 4 rings (SSSR count). The first kappa shape index (κ1) is 18.4. The number of ether oxygens (including phenoxy) is 1. The van der Waals surface area contributed by atoms with Gasteiger partial charge in [0.1, 0.15) is 11.3 Å². The Kier molecular flexibility index (Phi) is 4.97. The molecule has 2 N–H and O–H groups in total. The number of H-pyrrole nitrogens is 1. The molecule has 0 aromatic carbocycles. The molecular weight excluding hydrogens is 358 g/mol. The Labute approximate surface area is 162 Å². The van der Waals surface area contributed by atoms with E-state index in [1.54, 1.807) is 30.1 Å². The molecule has 4 heterocycles. The van der Waals surface area contributed by atoms with Crippen molar-refractivity contribution in [2.45, 2.75) is 6.92 Å². The van der Waals surface area contributed by atoms with Gasteiger partial charge in [0.25, 0.3) is 5.56 Å². The van der Waals surface area contributed by atoms with Crippen molar-refractivity contribution in [2.75, 3.05) is 38.2 Å². The van der Waals surface area contributed by atoms with Gasteiger partial charge in [-0.05, 0) is 24.6 Å². The van der Waals surface area contributed by atoms with Gasteiger partial charge in [0.05, 0.1) is 25.5 Å². The predicted molar refractivity (Wildman–Crippen MR) is 107 cm³/mol. The average molecular weight is 381 g/mol. The van der Waals surface area contributed by atoms with Crippen molar-refractivity contribution in [3.63, 3.8) is 0 Å². The fourth-order valence-electron chi connectivity index (χ4n) is 3.47. The molecule has 0 aliphatic carbocycles. The number of carbonyl (C=O) groups is 1. The van der Waals surface area contributed by atoms with Crippen LogP contribution >= 0.6 is 0 Å². The first-order chi connectivity index (χ1) is 13.5. The lowest BCUT2D eigenvalue weighted by Crippen LogP contribution is -2.41. The molecule has 1 saturated heterocycles. The summed E-state index contributed by atoms with van der Waals surface area (Å²) in [4.78, 5) is 34.4. The second kappa shape index (κ2) is 7.57. The average Bonchev–Trinajstić information content (AvgIpc) is 3.17. The summed E-state index contributed by atoms with van der Waals surface area (Å²) in [5, 5.41) is 3.70. The van der Waals surface area contributed by atoms with E-state index in [1.165, 1.54) is 0 Å². The highest BCUT2D eigenvalue weighted by Gasteiger charge is 2.16. The van der Waals surface area contributed by atoms with E-state index in [-0.39, 0.29) is 11.5 Å². The topological polar surface area (TPSA) is 92.2 Å². The number of anilines is 1. The molecule has 3 aromatic rings. The normalized spacial score (nSPS) is 15.1. The number of hydrogen-bond acceptors (Lipinski definition) is 5. The second-order valence-corrected chi connectivity index (χ2v) is 7.02. The molecule has 146 valence electrons. The highest BCUT2D eigenvalue weighted by atomic mass is 16.5. The van der Waals surface area contributed by atoms with E-state index in [0.29, 0.717) is 31.1 Å². The molecule has 0 saturated carbocycles. The Balaban J connectivity index is 1.63. The van der Waals surface area contributed by atoms with Crippen molar-refractivity contribution < 1.29 is 9.53 Å². The van der Waals surface area contributed by atoms with E-state index in [0.717, 1.165) is 35.3 Å². The minimum Gasteiger partial charge on any atom is -0.379 e. The number of pyridine rings is 2. The quantitative estimate of drug-likeness (QED) is 0.715. The summed E-state index contributed by atoms with van der Waals surface area (Å²) in [6, 6.07) is 5.60. The largest absolute Gasteiger partial charge is 0.379 e. The molecule has 1 aliphatic rings. The van der Waals surface area contributed by atoms with Gasteiger partial charge in [-0.3, -0.25) is 14.5 Å². The third kappa shape index (κ3) is 3.56. The first-order valence-electron chi connectivity index (χ1n) is 9.27. The highest BCUT2D eigenvalue weighted by molar-refractivity contribution is 5.95. The number of nitrogens with one attached hydrogen (secondary N) is 2. The zero-order valence-electron chi connectivity index (χ0n) is 16.0. The second-order valence-electron chi connectivity index (χ2n) is 7.02. The summed E-state index contributed by atoms with van der Waals surface area (Å²) in [5.41, 5.74) is 3.01. The number of aryl methyl sites for hydroxylation is 2. The summed E-state index contributed by atoms with van der Waals surface area (Å²) < 4.78 is 6.85. The number of rotatable bonds is 4. The van der Waals surface area contributed by atoms with Crippen molar-refractivity contribution >= 4 is 22.6 Å². The lowest BCUT2D eigenvalue weighted by molar-refractivity contribution is -0.118. The van der Waals surface area contributed by atoms with Crippen molar-refractivity contribution in [3.8, 4) is 11.3 Å². The molecule has 1 amide bonds. The van der Waals surface area contributed by atoms with Crippen LogP contribution in [0.4, 0.5) is 5.82 Å². The number of aromatic amines is 1.